The van der Waals surface area contributed by atoms with Crippen molar-refractivity contribution in [3.05, 3.63) is 41.5 Å². The summed E-state index contributed by atoms with van der Waals surface area (Å²) in [5.41, 5.74) is 3.94. The van der Waals surface area contributed by atoms with Crippen LogP contribution in [-0.2, 0) is 6.42 Å². The van der Waals surface area contributed by atoms with Crippen LogP contribution in [0.15, 0.2) is 30.3 Å². The van der Waals surface area contributed by atoms with Gasteiger partial charge >= 0.3 is 0 Å². The SMILES string of the molecule is CC1(C)Cc2ccccc2/C=C\C2(CC2)C1. The number of rotatable bonds is 0. The molecule has 0 aromatic heterocycles. The van der Waals surface area contributed by atoms with Crippen LogP contribution < -0.4 is 0 Å². The molecule has 0 bridgehead atoms. The molecule has 2 aliphatic rings. The maximum Gasteiger partial charge on any atom is -0.0109 e. The van der Waals surface area contributed by atoms with Crippen LogP contribution in [-0.4, -0.2) is 0 Å². The van der Waals surface area contributed by atoms with Gasteiger partial charge < -0.3 is 0 Å². The molecule has 1 spiro atoms. The summed E-state index contributed by atoms with van der Waals surface area (Å²) >= 11 is 0. The zero-order valence-corrected chi connectivity index (χ0v) is 10.3. The Morgan fingerprint density at radius 2 is 1.81 bits per heavy atom. The van der Waals surface area contributed by atoms with E-state index in [1.807, 2.05) is 0 Å². The first kappa shape index (κ1) is 10.1. The number of hydrogen-bond donors (Lipinski definition) is 0. The van der Waals surface area contributed by atoms with Crippen molar-refractivity contribution in [3.8, 4) is 0 Å². The minimum absolute atomic E-state index is 0.442. The second kappa shape index (κ2) is 3.23. The van der Waals surface area contributed by atoms with E-state index < -0.39 is 0 Å². The van der Waals surface area contributed by atoms with Crippen LogP contribution in [0.2, 0.25) is 0 Å². The fourth-order valence-corrected chi connectivity index (χ4v) is 3.22. The van der Waals surface area contributed by atoms with E-state index >= 15 is 0 Å². The smallest absolute Gasteiger partial charge is 0.0109 e. The highest BCUT2D eigenvalue weighted by molar-refractivity contribution is 5.56. The summed E-state index contributed by atoms with van der Waals surface area (Å²) in [6, 6.07) is 8.85. The van der Waals surface area contributed by atoms with Crippen molar-refractivity contribution in [2.75, 3.05) is 0 Å². The van der Waals surface area contributed by atoms with Gasteiger partial charge in [0, 0.05) is 0 Å². The van der Waals surface area contributed by atoms with E-state index in [2.05, 4.69) is 50.3 Å². The van der Waals surface area contributed by atoms with Gasteiger partial charge in [-0.25, -0.2) is 0 Å². The first-order valence-electron chi connectivity index (χ1n) is 6.36. The van der Waals surface area contributed by atoms with Crippen LogP contribution in [0.3, 0.4) is 0 Å². The highest BCUT2D eigenvalue weighted by Gasteiger charge is 2.44. The van der Waals surface area contributed by atoms with E-state index in [4.69, 9.17) is 0 Å². The Morgan fingerprint density at radius 1 is 1.06 bits per heavy atom. The Bertz CT molecular complexity index is 433. The largest absolute Gasteiger partial charge is 0.0777 e. The molecule has 1 aromatic rings. The first-order chi connectivity index (χ1) is 7.59. The van der Waals surface area contributed by atoms with Crippen molar-refractivity contribution in [1.82, 2.24) is 0 Å². The van der Waals surface area contributed by atoms with Gasteiger partial charge in [-0.15, -0.1) is 0 Å². The predicted molar refractivity (Wildman–Crippen MR) is 69.2 cm³/mol. The molecule has 0 nitrogen and oxygen atoms in total. The number of allylic oxidation sites excluding steroid dienone is 1. The monoisotopic (exact) mass is 212 g/mol. The fourth-order valence-electron chi connectivity index (χ4n) is 3.22. The number of fused-ring (bicyclic) bond motifs is 1. The van der Waals surface area contributed by atoms with Crippen LogP contribution in [0.5, 0.6) is 0 Å². The standard InChI is InChI=1S/C16H20/c1-15(2)11-14-6-4-3-5-13(14)7-8-16(12-15)9-10-16/h3-8H,9-12H2,1-2H3/b8-7-. The van der Waals surface area contributed by atoms with Gasteiger partial charge in [0.15, 0.2) is 0 Å². The van der Waals surface area contributed by atoms with E-state index in [0.717, 1.165) is 0 Å². The molecule has 1 saturated carbocycles. The van der Waals surface area contributed by atoms with E-state index in [-0.39, 0.29) is 0 Å². The summed E-state index contributed by atoms with van der Waals surface area (Å²) in [6.45, 7) is 4.84. The zero-order valence-electron chi connectivity index (χ0n) is 10.3. The van der Waals surface area contributed by atoms with Crippen LogP contribution in [0, 0.1) is 10.8 Å². The molecule has 0 unspecified atom stereocenters. The summed E-state index contributed by atoms with van der Waals surface area (Å²) < 4.78 is 0. The predicted octanol–water partition coefficient (Wildman–Crippen LogP) is 4.45. The van der Waals surface area contributed by atoms with E-state index in [9.17, 15) is 0 Å². The Morgan fingerprint density at radius 3 is 2.56 bits per heavy atom. The maximum absolute atomic E-state index is 2.48. The van der Waals surface area contributed by atoms with Gasteiger partial charge in [0.05, 0.1) is 0 Å². The molecular weight excluding hydrogens is 192 g/mol. The zero-order chi connectivity index (χ0) is 11.2. The molecule has 0 heteroatoms. The molecule has 0 atom stereocenters. The lowest BCUT2D eigenvalue weighted by molar-refractivity contribution is 0.278. The van der Waals surface area contributed by atoms with E-state index in [1.54, 1.807) is 0 Å². The minimum atomic E-state index is 0.442. The molecule has 0 amide bonds. The molecule has 0 aliphatic heterocycles. The van der Waals surface area contributed by atoms with Crippen molar-refractivity contribution in [2.24, 2.45) is 10.8 Å². The van der Waals surface area contributed by atoms with Gasteiger partial charge in [0.25, 0.3) is 0 Å². The molecule has 0 heterocycles. The van der Waals surface area contributed by atoms with Crippen LogP contribution in [0.4, 0.5) is 0 Å². The number of benzene rings is 1. The molecule has 2 aliphatic carbocycles. The minimum Gasteiger partial charge on any atom is -0.0777 e. The van der Waals surface area contributed by atoms with Crippen molar-refractivity contribution in [2.45, 2.75) is 39.5 Å². The Labute approximate surface area is 98.4 Å². The topological polar surface area (TPSA) is 0 Å². The molecule has 3 rings (SSSR count). The van der Waals surface area contributed by atoms with Crippen molar-refractivity contribution in [1.29, 1.82) is 0 Å². The second-order valence-electron chi connectivity index (χ2n) is 6.41. The van der Waals surface area contributed by atoms with Gasteiger partial charge in [0.1, 0.15) is 0 Å². The molecule has 84 valence electrons. The van der Waals surface area contributed by atoms with E-state index in [1.165, 1.54) is 36.8 Å². The first-order valence-corrected chi connectivity index (χ1v) is 6.36. The fraction of sp³-hybridized carbons (Fsp3) is 0.500. The lowest BCUT2D eigenvalue weighted by Gasteiger charge is -2.31. The highest BCUT2D eigenvalue weighted by Crippen LogP contribution is 2.56. The van der Waals surface area contributed by atoms with Gasteiger partial charge in [0.2, 0.25) is 0 Å². The average Bonchev–Trinajstić information content (AvgIpc) is 2.94. The molecule has 0 radical (unpaired) electrons. The summed E-state index contributed by atoms with van der Waals surface area (Å²) in [5.74, 6) is 0. The van der Waals surface area contributed by atoms with E-state index in [0.29, 0.717) is 10.8 Å². The van der Waals surface area contributed by atoms with Gasteiger partial charge in [-0.2, -0.15) is 0 Å². The molecule has 16 heavy (non-hydrogen) atoms. The molecule has 1 fully saturated rings. The Hall–Kier alpha value is -1.04. The normalized spacial score (nSPS) is 26.6. The average molecular weight is 212 g/mol. The van der Waals surface area contributed by atoms with Gasteiger partial charge in [-0.05, 0) is 47.6 Å². The number of hydrogen-bond acceptors (Lipinski definition) is 0. The summed E-state index contributed by atoms with van der Waals surface area (Å²) in [6.07, 6.45) is 10.2. The third kappa shape index (κ3) is 1.81. The Kier molecular flexibility index (Phi) is 2.04. The summed E-state index contributed by atoms with van der Waals surface area (Å²) in [7, 11) is 0. The quantitative estimate of drug-likeness (QED) is 0.596. The van der Waals surface area contributed by atoms with Crippen LogP contribution in [0.25, 0.3) is 6.08 Å². The molecule has 1 aromatic carbocycles. The van der Waals surface area contributed by atoms with Gasteiger partial charge in [-0.1, -0.05) is 50.3 Å². The molecule has 0 N–H and O–H groups in total. The summed E-state index contributed by atoms with van der Waals surface area (Å²) in [5, 5.41) is 0. The van der Waals surface area contributed by atoms with Crippen molar-refractivity contribution >= 4 is 6.08 Å². The summed E-state index contributed by atoms with van der Waals surface area (Å²) in [4.78, 5) is 0. The third-order valence-electron chi connectivity index (χ3n) is 4.06. The van der Waals surface area contributed by atoms with Gasteiger partial charge in [-0.3, -0.25) is 0 Å². The van der Waals surface area contributed by atoms with Crippen molar-refractivity contribution < 1.29 is 0 Å². The second-order valence-corrected chi connectivity index (χ2v) is 6.41. The van der Waals surface area contributed by atoms with Crippen LogP contribution >= 0.6 is 0 Å². The third-order valence-corrected chi connectivity index (χ3v) is 4.06. The Balaban J connectivity index is 2.05. The lowest BCUT2D eigenvalue weighted by Crippen LogP contribution is -2.21. The molecular formula is C16H20. The lowest BCUT2D eigenvalue weighted by atomic mass is 9.74. The maximum atomic E-state index is 2.48. The molecule has 0 saturated heterocycles. The van der Waals surface area contributed by atoms with Crippen LogP contribution in [0.1, 0.15) is 44.2 Å². The highest BCUT2D eigenvalue weighted by atomic mass is 14.5. The van der Waals surface area contributed by atoms with Crippen molar-refractivity contribution in [3.63, 3.8) is 0 Å².